The number of halogens is 1. The lowest BCUT2D eigenvalue weighted by Crippen LogP contribution is -2.43. The van der Waals surface area contributed by atoms with Crippen molar-refractivity contribution in [1.29, 1.82) is 0 Å². The van der Waals surface area contributed by atoms with Crippen molar-refractivity contribution in [2.24, 2.45) is 0 Å². The highest BCUT2D eigenvalue weighted by atomic mass is 32.2. The van der Waals surface area contributed by atoms with Gasteiger partial charge in [0.1, 0.15) is 5.82 Å². The molecular weight excluding hydrogens is 291 g/mol. The topological polar surface area (TPSA) is 49.4 Å². The fourth-order valence-corrected chi connectivity index (χ4v) is 3.51. The van der Waals surface area contributed by atoms with Crippen LogP contribution in [0.25, 0.3) is 0 Å². The summed E-state index contributed by atoms with van der Waals surface area (Å²) in [6, 6.07) is 4.45. The molecule has 1 heterocycles. The molecule has 1 N–H and O–H groups in total. The molecule has 1 unspecified atom stereocenters. The highest BCUT2D eigenvalue weighted by Gasteiger charge is 2.31. The van der Waals surface area contributed by atoms with Crippen LogP contribution in [-0.4, -0.2) is 36.4 Å². The number of aryl methyl sites for hydroxylation is 1. The summed E-state index contributed by atoms with van der Waals surface area (Å²) in [6.45, 7) is 2.44. The molecule has 1 aliphatic heterocycles. The third-order valence-electron chi connectivity index (χ3n) is 3.53. The molecule has 1 aromatic carbocycles. The number of hydrogen-bond donors (Lipinski definition) is 1. The van der Waals surface area contributed by atoms with Gasteiger partial charge in [0.15, 0.2) is 0 Å². The lowest BCUT2D eigenvalue weighted by atomic mass is 10.1. The predicted molar refractivity (Wildman–Crippen MR) is 83.0 cm³/mol. The second kappa shape index (κ2) is 6.93. The van der Waals surface area contributed by atoms with Crippen molar-refractivity contribution in [3.8, 4) is 0 Å². The van der Waals surface area contributed by atoms with Crippen molar-refractivity contribution >= 4 is 29.3 Å². The van der Waals surface area contributed by atoms with Gasteiger partial charge in [-0.05, 0) is 43.5 Å². The maximum atomic E-state index is 13.2. The number of anilines is 1. The van der Waals surface area contributed by atoms with Gasteiger partial charge in [0, 0.05) is 19.3 Å². The zero-order valence-corrected chi connectivity index (χ0v) is 13.0. The van der Waals surface area contributed by atoms with E-state index in [0.717, 1.165) is 24.1 Å². The number of piperidine rings is 1. The van der Waals surface area contributed by atoms with E-state index in [0.29, 0.717) is 6.54 Å². The van der Waals surface area contributed by atoms with E-state index in [2.05, 4.69) is 5.32 Å². The first-order chi connectivity index (χ1) is 10.0. The number of nitrogens with one attached hydrogen (secondary N) is 1. The van der Waals surface area contributed by atoms with Gasteiger partial charge in [-0.1, -0.05) is 0 Å². The summed E-state index contributed by atoms with van der Waals surface area (Å²) >= 11 is 1.37. The molecule has 0 saturated carbocycles. The Balaban J connectivity index is 2.10. The number of rotatable bonds is 4. The summed E-state index contributed by atoms with van der Waals surface area (Å²) < 4.78 is 13.2. The maximum absolute atomic E-state index is 13.2. The fraction of sp³-hybridized carbons (Fsp3) is 0.467. The molecule has 1 saturated heterocycles. The Hall–Kier alpha value is -1.56. The smallest absolute Gasteiger partial charge is 0.240 e. The Morgan fingerprint density at radius 1 is 1.52 bits per heavy atom. The van der Waals surface area contributed by atoms with Gasteiger partial charge in [-0.2, -0.15) is 0 Å². The minimum absolute atomic E-state index is 0.00450. The lowest BCUT2D eigenvalue weighted by molar-refractivity contribution is -0.119. The molecule has 2 rings (SSSR count). The number of carbonyl (C=O) groups is 2. The van der Waals surface area contributed by atoms with Crippen molar-refractivity contribution in [3.05, 3.63) is 29.6 Å². The number of carbonyl (C=O) groups excluding carboxylic acids is 2. The maximum Gasteiger partial charge on any atom is 0.240 e. The van der Waals surface area contributed by atoms with E-state index in [1.165, 1.54) is 23.9 Å². The third-order valence-corrected chi connectivity index (χ3v) is 4.80. The summed E-state index contributed by atoms with van der Waals surface area (Å²) in [7, 11) is 1.58. The molecule has 1 fully saturated rings. The number of thioether (sulfide) groups is 1. The Kier molecular flexibility index (Phi) is 5.22. The highest BCUT2D eigenvalue weighted by Crippen LogP contribution is 2.29. The van der Waals surface area contributed by atoms with Crippen LogP contribution in [0.4, 0.5) is 10.1 Å². The lowest BCUT2D eigenvalue weighted by Gasteiger charge is -2.32. The average molecular weight is 310 g/mol. The molecule has 2 amide bonds. The summed E-state index contributed by atoms with van der Waals surface area (Å²) in [5.74, 6) is -0.0950. The molecule has 0 aliphatic carbocycles. The molecule has 6 heteroatoms. The van der Waals surface area contributed by atoms with E-state index in [1.54, 1.807) is 24.9 Å². The summed E-state index contributed by atoms with van der Waals surface area (Å²) in [4.78, 5) is 25.6. The first-order valence-electron chi connectivity index (χ1n) is 6.92. The summed E-state index contributed by atoms with van der Waals surface area (Å²) in [6.07, 6.45) is 1.66. The van der Waals surface area contributed by atoms with Gasteiger partial charge < -0.3 is 10.2 Å². The van der Waals surface area contributed by atoms with Crippen LogP contribution in [0.2, 0.25) is 0 Å². The number of nitrogens with zero attached hydrogens (tertiary/aromatic N) is 1. The summed E-state index contributed by atoms with van der Waals surface area (Å²) in [5.41, 5.74) is 1.51. The van der Waals surface area contributed by atoms with Crippen molar-refractivity contribution in [2.45, 2.75) is 25.0 Å². The van der Waals surface area contributed by atoms with Crippen molar-refractivity contribution in [2.75, 3.05) is 24.2 Å². The van der Waals surface area contributed by atoms with Crippen LogP contribution in [0.1, 0.15) is 18.4 Å². The molecule has 114 valence electrons. The Morgan fingerprint density at radius 3 is 2.95 bits per heavy atom. The number of amides is 2. The van der Waals surface area contributed by atoms with E-state index >= 15 is 0 Å². The first kappa shape index (κ1) is 15.8. The van der Waals surface area contributed by atoms with Gasteiger partial charge in [-0.15, -0.1) is 11.8 Å². The minimum Gasteiger partial charge on any atom is -0.358 e. The van der Waals surface area contributed by atoms with Crippen molar-refractivity contribution in [1.82, 2.24) is 5.32 Å². The van der Waals surface area contributed by atoms with Gasteiger partial charge in [0.2, 0.25) is 11.8 Å². The molecule has 4 nitrogen and oxygen atoms in total. The van der Waals surface area contributed by atoms with E-state index in [-0.39, 0.29) is 28.6 Å². The fourth-order valence-electron chi connectivity index (χ4n) is 2.41. The van der Waals surface area contributed by atoms with Gasteiger partial charge >= 0.3 is 0 Å². The first-order valence-corrected chi connectivity index (χ1v) is 7.97. The van der Waals surface area contributed by atoms with Crippen LogP contribution in [0.5, 0.6) is 0 Å². The van der Waals surface area contributed by atoms with E-state index < -0.39 is 0 Å². The molecular formula is C15H19FN2O2S. The van der Waals surface area contributed by atoms with Crippen LogP contribution in [0.15, 0.2) is 18.2 Å². The van der Waals surface area contributed by atoms with Crippen LogP contribution in [-0.2, 0) is 9.59 Å². The summed E-state index contributed by atoms with van der Waals surface area (Å²) in [5, 5.41) is 2.34. The van der Waals surface area contributed by atoms with Gasteiger partial charge in [-0.3, -0.25) is 9.59 Å². The molecule has 1 atom stereocenters. The van der Waals surface area contributed by atoms with E-state index in [1.807, 2.05) is 0 Å². The molecule has 0 bridgehead atoms. The average Bonchev–Trinajstić information content (AvgIpc) is 2.46. The Morgan fingerprint density at radius 2 is 2.29 bits per heavy atom. The molecule has 1 aromatic rings. The normalized spacial score (nSPS) is 18.7. The second-order valence-corrected chi connectivity index (χ2v) is 6.23. The molecule has 0 spiro atoms. The van der Waals surface area contributed by atoms with Crippen LogP contribution < -0.4 is 10.2 Å². The van der Waals surface area contributed by atoms with Gasteiger partial charge in [0.25, 0.3) is 0 Å². The number of hydrogen-bond acceptors (Lipinski definition) is 3. The molecule has 0 aromatic heterocycles. The van der Waals surface area contributed by atoms with Crippen LogP contribution in [0.3, 0.4) is 0 Å². The van der Waals surface area contributed by atoms with Gasteiger partial charge in [-0.25, -0.2) is 4.39 Å². The second-order valence-electron chi connectivity index (χ2n) is 5.04. The largest absolute Gasteiger partial charge is 0.358 e. The van der Waals surface area contributed by atoms with E-state index in [4.69, 9.17) is 0 Å². The number of benzene rings is 1. The van der Waals surface area contributed by atoms with Crippen molar-refractivity contribution < 1.29 is 14.0 Å². The SMILES string of the molecule is CNC(=O)CSC1CCCN(c2ccc(F)cc2C)C1=O. The highest BCUT2D eigenvalue weighted by molar-refractivity contribution is 8.01. The van der Waals surface area contributed by atoms with Crippen LogP contribution >= 0.6 is 11.8 Å². The molecule has 0 radical (unpaired) electrons. The predicted octanol–water partition coefficient (Wildman–Crippen LogP) is 2.11. The Bertz CT molecular complexity index is 550. The minimum atomic E-state index is -0.300. The zero-order chi connectivity index (χ0) is 15.4. The third kappa shape index (κ3) is 3.75. The standard InChI is InChI=1S/C15H19FN2O2S/c1-10-8-11(16)5-6-12(10)18-7-3-4-13(15(18)20)21-9-14(19)17-2/h5-6,8,13H,3-4,7,9H2,1-2H3,(H,17,19). The monoisotopic (exact) mass is 310 g/mol. The quantitative estimate of drug-likeness (QED) is 0.926. The van der Waals surface area contributed by atoms with Crippen molar-refractivity contribution in [3.63, 3.8) is 0 Å². The molecule has 1 aliphatic rings. The zero-order valence-electron chi connectivity index (χ0n) is 12.2. The van der Waals surface area contributed by atoms with E-state index in [9.17, 15) is 14.0 Å². The van der Waals surface area contributed by atoms with Crippen LogP contribution in [0, 0.1) is 12.7 Å². The molecule has 21 heavy (non-hydrogen) atoms. The Labute approximate surface area is 128 Å². The van der Waals surface area contributed by atoms with Gasteiger partial charge in [0.05, 0.1) is 11.0 Å².